The molecule has 168 valence electrons. The third-order valence-corrected chi connectivity index (χ3v) is 6.68. The summed E-state index contributed by atoms with van der Waals surface area (Å²) < 4.78 is 14.6. The number of hydrogen-bond donors (Lipinski definition) is 0. The van der Waals surface area contributed by atoms with Crippen molar-refractivity contribution >= 4 is 5.69 Å². The second kappa shape index (κ2) is 8.01. The van der Waals surface area contributed by atoms with Crippen LogP contribution in [0.3, 0.4) is 0 Å². The average Bonchev–Trinajstić information content (AvgIpc) is 2.76. The first kappa shape index (κ1) is 21.9. The van der Waals surface area contributed by atoms with Crippen LogP contribution in [0.1, 0.15) is 48.1 Å². The molecule has 0 N–H and O–H groups in total. The summed E-state index contributed by atoms with van der Waals surface area (Å²) in [4.78, 5) is 18.4. The van der Waals surface area contributed by atoms with Crippen molar-refractivity contribution in [3.05, 3.63) is 68.6 Å². The topological polar surface area (TPSA) is 57.8 Å². The summed E-state index contributed by atoms with van der Waals surface area (Å²) >= 11 is 0. The number of rotatable bonds is 3. The van der Waals surface area contributed by atoms with Crippen molar-refractivity contribution in [2.45, 2.75) is 46.6 Å². The van der Waals surface area contributed by atoms with Crippen LogP contribution in [0, 0.1) is 20.8 Å². The van der Waals surface area contributed by atoms with Gasteiger partial charge >= 0.3 is 5.69 Å². The summed E-state index contributed by atoms with van der Waals surface area (Å²) in [6, 6.07) is 10.2. The second-order valence-corrected chi connectivity index (χ2v) is 8.78. The predicted octanol–water partition coefficient (Wildman–Crippen LogP) is 4.71. The zero-order valence-corrected chi connectivity index (χ0v) is 20.1. The number of hydrogen-bond acceptors (Lipinski definition) is 4. The Balaban J connectivity index is 2.06. The summed E-state index contributed by atoms with van der Waals surface area (Å²) in [6.45, 7) is 10.4. The van der Waals surface area contributed by atoms with Gasteiger partial charge in [0, 0.05) is 30.6 Å². The van der Waals surface area contributed by atoms with Gasteiger partial charge in [0.15, 0.2) is 11.5 Å². The van der Waals surface area contributed by atoms with Crippen LogP contribution in [-0.4, -0.2) is 23.4 Å². The Hall–Kier alpha value is -3.28. The zero-order valence-electron chi connectivity index (χ0n) is 20.1. The number of aryl methyl sites for hydroxylation is 3. The third kappa shape index (κ3) is 3.34. The fourth-order valence-corrected chi connectivity index (χ4v) is 4.80. The monoisotopic (exact) mass is 433 g/mol. The van der Waals surface area contributed by atoms with E-state index >= 15 is 0 Å². The molecule has 1 aromatic heterocycles. The molecule has 2 aromatic carbocycles. The van der Waals surface area contributed by atoms with Gasteiger partial charge in [-0.2, -0.15) is 0 Å². The zero-order chi connectivity index (χ0) is 23.3. The lowest BCUT2D eigenvalue weighted by Gasteiger charge is -2.33. The van der Waals surface area contributed by atoms with Crippen molar-refractivity contribution in [1.82, 2.24) is 9.13 Å². The highest BCUT2D eigenvalue weighted by molar-refractivity contribution is 5.71. The van der Waals surface area contributed by atoms with Gasteiger partial charge in [-0.3, -0.25) is 9.13 Å². The van der Waals surface area contributed by atoms with Gasteiger partial charge in [0.05, 0.1) is 25.6 Å². The molecule has 2 atom stereocenters. The Morgan fingerprint density at radius 1 is 0.906 bits per heavy atom. The van der Waals surface area contributed by atoms with E-state index in [4.69, 9.17) is 14.5 Å². The molecule has 0 amide bonds. The molecule has 0 saturated heterocycles. The van der Waals surface area contributed by atoms with E-state index in [-0.39, 0.29) is 17.6 Å². The first-order valence-corrected chi connectivity index (χ1v) is 10.9. The first-order chi connectivity index (χ1) is 15.2. The Morgan fingerprint density at radius 3 is 2.09 bits per heavy atom. The molecule has 0 radical (unpaired) electrons. The normalized spacial score (nSPS) is 17.7. The summed E-state index contributed by atoms with van der Waals surface area (Å²) in [6.07, 6.45) is 0. The summed E-state index contributed by atoms with van der Waals surface area (Å²) in [7, 11) is 5.05. The van der Waals surface area contributed by atoms with E-state index in [0.717, 1.165) is 33.6 Å². The maximum Gasteiger partial charge on any atom is 0.330 e. The molecule has 0 bridgehead atoms. The lowest BCUT2D eigenvalue weighted by Crippen LogP contribution is -2.42. The minimum Gasteiger partial charge on any atom is -0.493 e. The SMILES string of the molecule is COc1cc2c(cc1OC)[C@H](C)[C@@H](C)n1c-2cc(=Nc2c(C)cc(C)cc2C)n(C)c1=O. The van der Waals surface area contributed by atoms with Gasteiger partial charge in [0.2, 0.25) is 0 Å². The average molecular weight is 434 g/mol. The molecular formula is C26H31N3O3. The smallest absolute Gasteiger partial charge is 0.330 e. The lowest BCUT2D eigenvalue weighted by molar-refractivity contribution is 0.352. The van der Waals surface area contributed by atoms with E-state index in [2.05, 4.69) is 46.8 Å². The Morgan fingerprint density at radius 2 is 1.50 bits per heavy atom. The van der Waals surface area contributed by atoms with Crippen LogP contribution >= 0.6 is 0 Å². The number of benzene rings is 2. The molecule has 0 saturated carbocycles. The number of nitrogens with zero attached hydrogens (tertiary/aromatic N) is 3. The van der Waals surface area contributed by atoms with Crippen LogP contribution in [0.15, 0.2) is 40.1 Å². The molecule has 0 spiro atoms. The number of aromatic nitrogens is 2. The van der Waals surface area contributed by atoms with Crippen LogP contribution in [-0.2, 0) is 7.05 Å². The quantitative estimate of drug-likeness (QED) is 0.601. The highest BCUT2D eigenvalue weighted by Crippen LogP contribution is 2.45. The van der Waals surface area contributed by atoms with E-state index in [1.807, 2.05) is 22.8 Å². The van der Waals surface area contributed by atoms with Crippen LogP contribution in [0.5, 0.6) is 11.5 Å². The number of fused-ring (bicyclic) bond motifs is 3. The molecule has 1 aliphatic heterocycles. The van der Waals surface area contributed by atoms with Crippen LogP contribution in [0.25, 0.3) is 11.3 Å². The Labute approximate surface area is 188 Å². The van der Waals surface area contributed by atoms with Crippen molar-refractivity contribution in [2.75, 3.05) is 14.2 Å². The van der Waals surface area contributed by atoms with Crippen molar-refractivity contribution in [3.8, 4) is 22.8 Å². The molecule has 0 fully saturated rings. The van der Waals surface area contributed by atoms with E-state index in [1.165, 1.54) is 5.56 Å². The molecule has 32 heavy (non-hydrogen) atoms. The maximum atomic E-state index is 13.5. The molecule has 4 rings (SSSR count). The van der Waals surface area contributed by atoms with Crippen molar-refractivity contribution in [2.24, 2.45) is 12.0 Å². The van der Waals surface area contributed by atoms with Crippen LogP contribution in [0.4, 0.5) is 5.69 Å². The minimum absolute atomic E-state index is 0.00815. The molecule has 3 aromatic rings. The Bertz CT molecular complexity index is 1320. The van der Waals surface area contributed by atoms with E-state index in [1.54, 1.807) is 25.8 Å². The summed E-state index contributed by atoms with van der Waals surface area (Å²) in [5.74, 6) is 1.47. The number of ether oxygens (including phenoxy) is 2. The van der Waals surface area contributed by atoms with Gasteiger partial charge in [-0.05, 0) is 56.5 Å². The van der Waals surface area contributed by atoms with Crippen molar-refractivity contribution in [1.29, 1.82) is 0 Å². The number of methoxy groups -OCH3 is 2. The van der Waals surface area contributed by atoms with Crippen molar-refractivity contribution < 1.29 is 9.47 Å². The molecule has 6 nitrogen and oxygen atoms in total. The minimum atomic E-state index is -0.0801. The predicted molar refractivity (Wildman–Crippen MR) is 127 cm³/mol. The van der Waals surface area contributed by atoms with Gasteiger partial charge in [-0.15, -0.1) is 0 Å². The third-order valence-electron chi connectivity index (χ3n) is 6.68. The largest absolute Gasteiger partial charge is 0.493 e. The first-order valence-electron chi connectivity index (χ1n) is 10.9. The molecule has 0 aliphatic carbocycles. The van der Waals surface area contributed by atoms with E-state index in [9.17, 15) is 4.79 Å². The molecule has 1 aliphatic rings. The van der Waals surface area contributed by atoms with Crippen LogP contribution < -0.4 is 20.7 Å². The molecule has 2 heterocycles. The van der Waals surface area contributed by atoms with Crippen molar-refractivity contribution in [3.63, 3.8) is 0 Å². The van der Waals surface area contributed by atoms with E-state index in [0.29, 0.717) is 17.0 Å². The van der Waals surface area contributed by atoms with Gasteiger partial charge in [0.1, 0.15) is 5.49 Å². The van der Waals surface area contributed by atoms with Gasteiger partial charge < -0.3 is 9.47 Å². The lowest BCUT2D eigenvalue weighted by atomic mass is 9.85. The fraction of sp³-hybridized carbons (Fsp3) is 0.385. The van der Waals surface area contributed by atoms with Gasteiger partial charge in [-0.25, -0.2) is 9.79 Å². The molecule has 6 heteroatoms. The standard InChI is InChI=1S/C26H31N3O3/c1-14-9-15(2)25(16(3)10-14)27-24-13-21-20-12-23(32-8)22(31-7)11-19(20)17(4)18(5)29(21)26(30)28(24)6/h9-13,17-18H,1-8H3/t17-,18-/m1/s1. The maximum absolute atomic E-state index is 13.5. The summed E-state index contributed by atoms with van der Waals surface area (Å²) in [5, 5.41) is 0. The molecule has 0 unspecified atom stereocenters. The second-order valence-electron chi connectivity index (χ2n) is 8.78. The van der Waals surface area contributed by atoms with Crippen LogP contribution in [0.2, 0.25) is 0 Å². The Kier molecular flexibility index (Phi) is 5.49. The van der Waals surface area contributed by atoms with E-state index < -0.39 is 0 Å². The highest BCUT2D eigenvalue weighted by atomic mass is 16.5. The fourth-order valence-electron chi connectivity index (χ4n) is 4.80. The van der Waals surface area contributed by atoms with Gasteiger partial charge in [-0.1, -0.05) is 24.6 Å². The highest BCUT2D eigenvalue weighted by Gasteiger charge is 2.31. The summed E-state index contributed by atoms with van der Waals surface area (Å²) in [5.41, 5.74) is 7.78. The molecular weight excluding hydrogens is 402 g/mol. The van der Waals surface area contributed by atoms with Gasteiger partial charge in [0.25, 0.3) is 0 Å².